The predicted octanol–water partition coefficient (Wildman–Crippen LogP) is 4.74. The Balaban J connectivity index is 1.54. The van der Waals surface area contributed by atoms with Gasteiger partial charge in [0.2, 0.25) is 0 Å². The fraction of sp³-hybridized carbons (Fsp3) is 0.130. The van der Waals surface area contributed by atoms with E-state index in [0.717, 1.165) is 17.0 Å². The van der Waals surface area contributed by atoms with Gasteiger partial charge in [-0.3, -0.25) is 4.79 Å². The molecule has 0 aliphatic rings. The highest BCUT2D eigenvalue weighted by molar-refractivity contribution is 5.86. The number of anilines is 1. The summed E-state index contributed by atoms with van der Waals surface area (Å²) in [5, 5.41) is 7.19. The smallest absolute Gasteiger partial charge is 0.262 e. The molecule has 1 unspecified atom stereocenters. The number of hydrazone groups is 1. The van der Waals surface area contributed by atoms with E-state index in [1.54, 1.807) is 13.1 Å². The van der Waals surface area contributed by atoms with E-state index in [0.29, 0.717) is 5.75 Å². The summed E-state index contributed by atoms with van der Waals surface area (Å²) in [5.41, 5.74) is 5.45. The first kappa shape index (κ1) is 19.2. The second-order valence-electron chi connectivity index (χ2n) is 6.45. The first-order valence-electron chi connectivity index (χ1n) is 9.09. The summed E-state index contributed by atoms with van der Waals surface area (Å²) in [4.78, 5) is 12.2. The first-order valence-corrected chi connectivity index (χ1v) is 9.09. The average molecular weight is 373 g/mol. The van der Waals surface area contributed by atoms with Crippen molar-refractivity contribution in [1.82, 2.24) is 5.43 Å². The van der Waals surface area contributed by atoms with Gasteiger partial charge in [-0.1, -0.05) is 48.0 Å². The number of benzene rings is 3. The molecule has 0 radical (unpaired) electrons. The maximum Gasteiger partial charge on any atom is 0.262 e. The molecule has 1 atom stereocenters. The molecule has 0 heterocycles. The van der Waals surface area contributed by atoms with Crippen LogP contribution in [-0.2, 0) is 4.79 Å². The summed E-state index contributed by atoms with van der Waals surface area (Å²) >= 11 is 0. The molecule has 3 aromatic rings. The highest BCUT2D eigenvalue weighted by Gasteiger charge is 2.11. The van der Waals surface area contributed by atoms with E-state index < -0.39 is 6.04 Å². The molecule has 0 spiro atoms. The highest BCUT2D eigenvalue weighted by Crippen LogP contribution is 2.21. The Labute approximate surface area is 165 Å². The molecule has 2 N–H and O–H groups in total. The van der Waals surface area contributed by atoms with Gasteiger partial charge in [0, 0.05) is 5.69 Å². The van der Waals surface area contributed by atoms with Gasteiger partial charge in [-0.15, -0.1) is 0 Å². The molecule has 0 fully saturated rings. The second-order valence-corrected chi connectivity index (χ2v) is 6.45. The molecule has 0 bridgehead atoms. The summed E-state index contributed by atoms with van der Waals surface area (Å²) in [5.74, 6) is 1.25. The Morgan fingerprint density at radius 1 is 0.964 bits per heavy atom. The highest BCUT2D eigenvalue weighted by atomic mass is 16.5. The van der Waals surface area contributed by atoms with Crippen LogP contribution in [0.1, 0.15) is 18.1 Å². The molecule has 5 nitrogen and oxygen atoms in total. The number of para-hydroxylation sites is 1. The summed E-state index contributed by atoms with van der Waals surface area (Å²) < 4.78 is 5.80. The zero-order valence-corrected chi connectivity index (χ0v) is 15.9. The van der Waals surface area contributed by atoms with Crippen molar-refractivity contribution in [2.45, 2.75) is 19.9 Å². The van der Waals surface area contributed by atoms with Crippen molar-refractivity contribution in [3.8, 4) is 11.5 Å². The molecule has 3 aromatic carbocycles. The maximum atomic E-state index is 12.2. The lowest BCUT2D eigenvalue weighted by Gasteiger charge is -2.13. The van der Waals surface area contributed by atoms with Crippen LogP contribution in [0.25, 0.3) is 0 Å². The van der Waals surface area contributed by atoms with Gasteiger partial charge in [-0.05, 0) is 55.8 Å². The lowest BCUT2D eigenvalue weighted by atomic mass is 10.2. The van der Waals surface area contributed by atoms with E-state index in [-0.39, 0.29) is 5.91 Å². The minimum absolute atomic E-state index is 0.214. The molecule has 142 valence electrons. The molecular weight excluding hydrogens is 350 g/mol. The molecular formula is C23H23N3O2. The fourth-order valence-corrected chi connectivity index (χ4v) is 2.52. The Morgan fingerprint density at radius 2 is 1.68 bits per heavy atom. The Kier molecular flexibility index (Phi) is 6.41. The number of nitrogens with zero attached hydrogens (tertiary/aromatic N) is 1. The van der Waals surface area contributed by atoms with Crippen molar-refractivity contribution in [3.05, 3.63) is 90.0 Å². The second kappa shape index (κ2) is 9.37. The van der Waals surface area contributed by atoms with Crippen molar-refractivity contribution in [2.75, 3.05) is 5.32 Å². The minimum Gasteiger partial charge on any atom is -0.457 e. The van der Waals surface area contributed by atoms with Crippen LogP contribution in [0.4, 0.5) is 5.69 Å². The van der Waals surface area contributed by atoms with Gasteiger partial charge in [0.1, 0.15) is 17.5 Å². The first-order chi connectivity index (χ1) is 13.6. The quantitative estimate of drug-likeness (QED) is 0.464. The zero-order chi connectivity index (χ0) is 19.8. The minimum atomic E-state index is -0.410. The van der Waals surface area contributed by atoms with Crippen LogP contribution < -0.4 is 15.5 Å². The molecule has 0 aliphatic heterocycles. The maximum absolute atomic E-state index is 12.2. The van der Waals surface area contributed by atoms with Crippen LogP contribution in [0.2, 0.25) is 0 Å². The third kappa shape index (κ3) is 5.71. The molecule has 0 aliphatic carbocycles. The molecule has 5 heteroatoms. The SMILES string of the molecule is Cc1ccc(NC(C)C(=O)N/N=C/c2cccc(Oc3ccccc3)c2)cc1. The number of aryl methyl sites for hydroxylation is 1. The van der Waals surface area contributed by atoms with Gasteiger partial charge in [0.15, 0.2) is 0 Å². The molecule has 0 saturated heterocycles. The third-order valence-corrected chi connectivity index (χ3v) is 4.05. The summed E-state index contributed by atoms with van der Waals surface area (Å²) in [7, 11) is 0. The number of rotatable bonds is 7. The van der Waals surface area contributed by atoms with Crippen molar-refractivity contribution in [3.63, 3.8) is 0 Å². The molecule has 0 aromatic heterocycles. The van der Waals surface area contributed by atoms with Crippen molar-refractivity contribution < 1.29 is 9.53 Å². The summed E-state index contributed by atoms with van der Waals surface area (Å²) in [6.07, 6.45) is 1.59. The van der Waals surface area contributed by atoms with Crippen LogP contribution in [0.15, 0.2) is 84.0 Å². The predicted molar refractivity (Wildman–Crippen MR) is 113 cm³/mol. The van der Waals surface area contributed by atoms with Crippen LogP contribution in [0, 0.1) is 6.92 Å². The van der Waals surface area contributed by atoms with Crippen LogP contribution in [0.5, 0.6) is 11.5 Å². The van der Waals surface area contributed by atoms with Gasteiger partial charge in [-0.25, -0.2) is 5.43 Å². The standard InChI is InChI=1S/C23H23N3O2/c1-17-11-13-20(14-12-17)25-18(2)23(27)26-24-16-19-7-6-10-22(15-19)28-21-8-4-3-5-9-21/h3-16,18,25H,1-2H3,(H,26,27)/b24-16+. The van der Waals surface area contributed by atoms with Gasteiger partial charge >= 0.3 is 0 Å². The fourth-order valence-electron chi connectivity index (χ4n) is 2.52. The molecule has 3 rings (SSSR count). The lowest BCUT2D eigenvalue weighted by molar-refractivity contribution is -0.121. The number of carbonyl (C=O) groups excluding carboxylic acids is 1. The van der Waals surface area contributed by atoms with Gasteiger partial charge in [0.25, 0.3) is 5.91 Å². The summed E-state index contributed by atoms with van der Waals surface area (Å²) in [6, 6.07) is 24.5. The number of nitrogens with one attached hydrogen (secondary N) is 2. The normalized spacial score (nSPS) is 11.8. The third-order valence-electron chi connectivity index (χ3n) is 4.05. The average Bonchev–Trinajstić information content (AvgIpc) is 2.71. The van der Waals surface area contributed by atoms with Gasteiger partial charge in [0.05, 0.1) is 6.21 Å². The summed E-state index contributed by atoms with van der Waals surface area (Å²) in [6.45, 7) is 3.81. The Morgan fingerprint density at radius 3 is 2.43 bits per heavy atom. The number of hydrogen-bond acceptors (Lipinski definition) is 4. The van der Waals surface area contributed by atoms with Crippen LogP contribution in [-0.4, -0.2) is 18.2 Å². The largest absolute Gasteiger partial charge is 0.457 e. The van der Waals surface area contributed by atoms with Gasteiger partial charge < -0.3 is 10.1 Å². The zero-order valence-electron chi connectivity index (χ0n) is 15.9. The number of hydrogen-bond donors (Lipinski definition) is 2. The number of amides is 1. The van der Waals surface area contributed by atoms with E-state index >= 15 is 0 Å². The van der Waals surface area contributed by atoms with Crippen molar-refractivity contribution >= 4 is 17.8 Å². The van der Waals surface area contributed by atoms with Crippen molar-refractivity contribution in [2.24, 2.45) is 5.10 Å². The van der Waals surface area contributed by atoms with Crippen LogP contribution in [0.3, 0.4) is 0 Å². The van der Waals surface area contributed by atoms with Crippen LogP contribution >= 0.6 is 0 Å². The molecule has 1 amide bonds. The topological polar surface area (TPSA) is 62.7 Å². The van der Waals surface area contributed by atoms with E-state index in [9.17, 15) is 4.79 Å². The lowest BCUT2D eigenvalue weighted by Crippen LogP contribution is -2.34. The van der Waals surface area contributed by atoms with E-state index in [1.165, 1.54) is 5.56 Å². The number of carbonyl (C=O) groups is 1. The Hall–Kier alpha value is -3.60. The Bertz CT molecular complexity index is 938. The van der Waals surface area contributed by atoms with E-state index in [2.05, 4.69) is 15.8 Å². The molecule has 0 saturated carbocycles. The number of ether oxygens (including phenoxy) is 1. The van der Waals surface area contributed by atoms with Gasteiger partial charge in [-0.2, -0.15) is 5.10 Å². The van der Waals surface area contributed by atoms with E-state index in [1.807, 2.05) is 85.8 Å². The monoisotopic (exact) mass is 373 g/mol. The molecule has 28 heavy (non-hydrogen) atoms. The van der Waals surface area contributed by atoms with Crippen molar-refractivity contribution in [1.29, 1.82) is 0 Å². The van der Waals surface area contributed by atoms with E-state index in [4.69, 9.17) is 4.74 Å².